The van der Waals surface area contributed by atoms with Crippen LogP contribution in [-0.2, 0) is 0 Å². The van der Waals surface area contributed by atoms with Gasteiger partial charge in [0.2, 0.25) is 0 Å². The highest BCUT2D eigenvalue weighted by molar-refractivity contribution is 5.33. The van der Waals surface area contributed by atoms with E-state index in [2.05, 4.69) is 0 Å². The van der Waals surface area contributed by atoms with Gasteiger partial charge in [-0.1, -0.05) is 6.07 Å². The first-order valence-corrected chi connectivity index (χ1v) is 5.17. The number of hydrogen-bond acceptors (Lipinski definition) is 2. The van der Waals surface area contributed by atoms with Crippen LogP contribution in [0, 0.1) is 0 Å². The molecule has 1 aliphatic rings. The highest BCUT2D eigenvalue weighted by Gasteiger charge is 2.23. The van der Waals surface area contributed by atoms with Crippen molar-refractivity contribution in [3.05, 3.63) is 24.3 Å². The lowest BCUT2D eigenvalue weighted by atomic mass is 10.3. The third kappa shape index (κ3) is 2.66. The van der Waals surface area contributed by atoms with Gasteiger partial charge in [-0.3, -0.25) is 0 Å². The summed E-state index contributed by atoms with van der Waals surface area (Å²) < 4.78 is 11.2. The molecule has 0 amide bonds. The Kier molecular flexibility index (Phi) is 2.62. The Morgan fingerprint density at radius 2 is 1.93 bits per heavy atom. The summed E-state index contributed by atoms with van der Waals surface area (Å²) in [6.07, 6.45) is 3.04. The van der Waals surface area contributed by atoms with Crippen LogP contribution in [0.15, 0.2) is 24.3 Å². The van der Waals surface area contributed by atoms with E-state index in [0.717, 1.165) is 11.5 Å². The van der Waals surface area contributed by atoms with Gasteiger partial charge in [0, 0.05) is 6.07 Å². The number of benzene rings is 1. The fourth-order valence-electron chi connectivity index (χ4n) is 1.27. The summed E-state index contributed by atoms with van der Waals surface area (Å²) in [7, 11) is 0. The second-order valence-electron chi connectivity index (χ2n) is 3.96. The maximum Gasteiger partial charge on any atom is 0.123 e. The Morgan fingerprint density at radius 3 is 2.57 bits per heavy atom. The average Bonchev–Trinajstić information content (AvgIpc) is 2.87. The zero-order chi connectivity index (χ0) is 9.97. The van der Waals surface area contributed by atoms with Crippen LogP contribution in [0.4, 0.5) is 0 Å². The summed E-state index contributed by atoms with van der Waals surface area (Å²) in [4.78, 5) is 0. The van der Waals surface area contributed by atoms with E-state index in [1.165, 1.54) is 12.8 Å². The minimum absolute atomic E-state index is 0.214. The van der Waals surface area contributed by atoms with Crippen LogP contribution in [0.1, 0.15) is 26.7 Å². The van der Waals surface area contributed by atoms with Crippen LogP contribution in [0.2, 0.25) is 0 Å². The van der Waals surface area contributed by atoms with Gasteiger partial charge in [-0.25, -0.2) is 0 Å². The van der Waals surface area contributed by atoms with Crippen molar-refractivity contribution in [2.75, 3.05) is 0 Å². The third-order valence-electron chi connectivity index (χ3n) is 2.00. The molecule has 0 heterocycles. The molecule has 0 radical (unpaired) electrons. The van der Waals surface area contributed by atoms with Crippen LogP contribution in [0.5, 0.6) is 11.5 Å². The SMILES string of the molecule is CC(C)Oc1cccc(OC2CC2)c1. The van der Waals surface area contributed by atoms with Crippen LogP contribution in [-0.4, -0.2) is 12.2 Å². The maximum atomic E-state index is 5.67. The molecule has 2 rings (SSSR count). The van der Waals surface area contributed by atoms with Crippen LogP contribution >= 0.6 is 0 Å². The van der Waals surface area contributed by atoms with Gasteiger partial charge >= 0.3 is 0 Å². The molecule has 1 fully saturated rings. The van der Waals surface area contributed by atoms with Crippen LogP contribution in [0.25, 0.3) is 0 Å². The van der Waals surface area contributed by atoms with Crippen molar-refractivity contribution in [1.82, 2.24) is 0 Å². The van der Waals surface area contributed by atoms with Gasteiger partial charge in [-0.05, 0) is 38.8 Å². The molecular formula is C12H16O2. The Morgan fingerprint density at radius 1 is 1.21 bits per heavy atom. The first-order valence-electron chi connectivity index (χ1n) is 5.17. The van der Waals surface area contributed by atoms with Crippen molar-refractivity contribution >= 4 is 0 Å². The normalized spacial score (nSPS) is 15.6. The van der Waals surface area contributed by atoms with Gasteiger partial charge in [0.1, 0.15) is 11.5 Å². The first-order chi connectivity index (χ1) is 6.74. The smallest absolute Gasteiger partial charge is 0.123 e. The molecule has 1 aromatic carbocycles. The highest BCUT2D eigenvalue weighted by atomic mass is 16.5. The fourth-order valence-corrected chi connectivity index (χ4v) is 1.27. The van der Waals surface area contributed by atoms with E-state index in [1.807, 2.05) is 38.1 Å². The molecule has 0 spiro atoms. The molecule has 0 saturated heterocycles. The van der Waals surface area contributed by atoms with Gasteiger partial charge in [0.05, 0.1) is 12.2 Å². The molecule has 14 heavy (non-hydrogen) atoms. The molecule has 0 unspecified atom stereocenters. The molecule has 0 atom stereocenters. The van der Waals surface area contributed by atoms with E-state index in [-0.39, 0.29) is 6.10 Å². The zero-order valence-corrected chi connectivity index (χ0v) is 8.69. The van der Waals surface area contributed by atoms with Crippen molar-refractivity contribution in [3.63, 3.8) is 0 Å². The molecule has 0 N–H and O–H groups in total. The zero-order valence-electron chi connectivity index (χ0n) is 8.69. The summed E-state index contributed by atoms with van der Waals surface area (Å²) in [5, 5.41) is 0. The lowest BCUT2D eigenvalue weighted by Crippen LogP contribution is -2.05. The second-order valence-corrected chi connectivity index (χ2v) is 3.96. The molecule has 1 saturated carbocycles. The summed E-state index contributed by atoms with van der Waals surface area (Å²) in [6, 6.07) is 7.86. The Bertz CT molecular complexity index is 284. The van der Waals surface area contributed by atoms with Gasteiger partial charge in [-0.15, -0.1) is 0 Å². The predicted octanol–water partition coefficient (Wildman–Crippen LogP) is 3.02. The number of ether oxygens (including phenoxy) is 2. The fraction of sp³-hybridized carbons (Fsp3) is 0.500. The molecular weight excluding hydrogens is 176 g/mol. The van der Waals surface area contributed by atoms with Crippen LogP contribution in [0.3, 0.4) is 0 Å². The molecule has 0 aliphatic heterocycles. The van der Waals surface area contributed by atoms with Crippen molar-refractivity contribution in [2.24, 2.45) is 0 Å². The summed E-state index contributed by atoms with van der Waals surface area (Å²) in [5.41, 5.74) is 0. The van der Waals surface area contributed by atoms with Crippen molar-refractivity contribution in [2.45, 2.75) is 38.9 Å². The topological polar surface area (TPSA) is 18.5 Å². The molecule has 2 heteroatoms. The van der Waals surface area contributed by atoms with E-state index in [9.17, 15) is 0 Å². The predicted molar refractivity (Wildman–Crippen MR) is 55.9 cm³/mol. The molecule has 1 aromatic rings. The number of rotatable bonds is 4. The Balaban J connectivity index is 2.01. The van der Waals surface area contributed by atoms with Gasteiger partial charge < -0.3 is 9.47 Å². The van der Waals surface area contributed by atoms with E-state index in [0.29, 0.717) is 6.10 Å². The largest absolute Gasteiger partial charge is 0.491 e. The lowest BCUT2D eigenvalue weighted by Gasteiger charge is -2.11. The Labute approximate surface area is 84.8 Å². The van der Waals surface area contributed by atoms with E-state index < -0.39 is 0 Å². The molecule has 2 nitrogen and oxygen atoms in total. The van der Waals surface area contributed by atoms with E-state index in [1.54, 1.807) is 0 Å². The summed E-state index contributed by atoms with van der Waals surface area (Å²) in [5.74, 6) is 1.81. The highest BCUT2D eigenvalue weighted by Crippen LogP contribution is 2.28. The van der Waals surface area contributed by atoms with Crippen LogP contribution < -0.4 is 9.47 Å². The molecule has 0 bridgehead atoms. The number of hydrogen-bond donors (Lipinski definition) is 0. The van der Waals surface area contributed by atoms with Crippen molar-refractivity contribution in [1.29, 1.82) is 0 Å². The summed E-state index contributed by atoms with van der Waals surface area (Å²) >= 11 is 0. The lowest BCUT2D eigenvalue weighted by molar-refractivity contribution is 0.239. The third-order valence-corrected chi connectivity index (χ3v) is 2.00. The molecule has 1 aliphatic carbocycles. The standard InChI is InChI=1S/C12H16O2/c1-9(2)13-11-4-3-5-12(8-11)14-10-6-7-10/h3-5,8-10H,6-7H2,1-2H3. The van der Waals surface area contributed by atoms with Gasteiger partial charge in [0.15, 0.2) is 0 Å². The van der Waals surface area contributed by atoms with Gasteiger partial charge in [0.25, 0.3) is 0 Å². The minimum Gasteiger partial charge on any atom is -0.491 e. The second kappa shape index (κ2) is 3.91. The molecule has 0 aromatic heterocycles. The Hall–Kier alpha value is -1.18. The van der Waals surface area contributed by atoms with E-state index >= 15 is 0 Å². The average molecular weight is 192 g/mol. The van der Waals surface area contributed by atoms with Crippen molar-refractivity contribution < 1.29 is 9.47 Å². The van der Waals surface area contributed by atoms with Gasteiger partial charge in [-0.2, -0.15) is 0 Å². The monoisotopic (exact) mass is 192 g/mol. The summed E-state index contributed by atoms with van der Waals surface area (Å²) in [6.45, 7) is 4.04. The first kappa shape index (κ1) is 9.38. The molecule has 76 valence electrons. The van der Waals surface area contributed by atoms with Crippen molar-refractivity contribution in [3.8, 4) is 11.5 Å². The maximum absolute atomic E-state index is 5.67. The van der Waals surface area contributed by atoms with E-state index in [4.69, 9.17) is 9.47 Å². The minimum atomic E-state index is 0.214. The quantitative estimate of drug-likeness (QED) is 0.730.